The second kappa shape index (κ2) is 9.48. The van der Waals surface area contributed by atoms with E-state index in [1.54, 1.807) is 66.9 Å². The van der Waals surface area contributed by atoms with Gasteiger partial charge in [-0.15, -0.1) is 0 Å². The third kappa shape index (κ3) is 6.15. The van der Waals surface area contributed by atoms with E-state index in [9.17, 15) is 14.9 Å². The Morgan fingerprint density at radius 3 is 2.31 bits per heavy atom. The Labute approximate surface area is 171 Å². The smallest absolute Gasteiger partial charge is 0.269 e. The van der Waals surface area contributed by atoms with Crippen molar-refractivity contribution in [1.29, 1.82) is 0 Å². The molecule has 0 heterocycles. The van der Waals surface area contributed by atoms with Gasteiger partial charge in [0.15, 0.2) is 6.61 Å². The Hall–Kier alpha value is -3.71. The van der Waals surface area contributed by atoms with Crippen molar-refractivity contribution in [2.75, 3.05) is 11.9 Å². The van der Waals surface area contributed by atoms with Crippen LogP contribution in [0.2, 0.25) is 5.02 Å². The van der Waals surface area contributed by atoms with Crippen LogP contribution in [0.3, 0.4) is 0 Å². The van der Waals surface area contributed by atoms with Crippen LogP contribution in [0, 0.1) is 10.1 Å². The van der Waals surface area contributed by atoms with Crippen LogP contribution in [0.5, 0.6) is 5.75 Å². The van der Waals surface area contributed by atoms with E-state index >= 15 is 0 Å². The van der Waals surface area contributed by atoms with E-state index in [-0.39, 0.29) is 18.2 Å². The first-order chi connectivity index (χ1) is 14.0. The van der Waals surface area contributed by atoms with Crippen molar-refractivity contribution in [3.63, 3.8) is 0 Å². The van der Waals surface area contributed by atoms with E-state index in [2.05, 4.69) is 10.3 Å². The van der Waals surface area contributed by atoms with Crippen molar-refractivity contribution < 1.29 is 14.5 Å². The molecule has 146 valence electrons. The van der Waals surface area contributed by atoms with E-state index in [4.69, 9.17) is 16.3 Å². The number of hydrogen-bond acceptors (Lipinski definition) is 5. The van der Waals surface area contributed by atoms with E-state index in [0.29, 0.717) is 22.1 Å². The summed E-state index contributed by atoms with van der Waals surface area (Å²) in [5, 5.41) is 14.0. The molecule has 0 aliphatic heterocycles. The van der Waals surface area contributed by atoms with Gasteiger partial charge in [-0.2, -0.15) is 0 Å². The van der Waals surface area contributed by atoms with Crippen molar-refractivity contribution in [1.82, 2.24) is 0 Å². The summed E-state index contributed by atoms with van der Waals surface area (Å²) in [7, 11) is 0. The normalized spacial score (nSPS) is 10.7. The van der Waals surface area contributed by atoms with E-state index in [0.717, 1.165) is 5.56 Å². The molecule has 0 spiro atoms. The molecule has 8 heteroatoms. The summed E-state index contributed by atoms with van der Waals surface area (Å²) in [5.74, 6) is 0.264. The topological polar surface area (TPSA) is 93.8 Å². The van der Waals surface area contributed by atoms with Crippen LogP contribution in [-0.2, 0) is 4.79 Å². The lowest BCUT2D eigenvalue weighted by atomic mass is 10.2. The van der Waals surface area contributed by atoms with Gasteiger partial charge in [0.05, 0.1) is 10.6 Å². The summed E-state index contributed by atoms with van der Waals surface area (Å²) >= 11 is 5.81. The Morgan fingerprint density at radius 1 is 1.03 bits per heavy atom. The molecule has 3 rings (SSSR count). The van der Waals surface area contributed by atoms with Crippen LogP contribution in [0.25, 0.3) is 0 Å². The number of nitrogens with one attached hydrogen (secondary N) is 1. The van der Waals surface area contributed by atoms with Crippen LogP contribution < -0.4 is 10.1 Å². The highest BCUT2D eigenvalue weighted by atomic mass is 35.5. The van der Waals surface area contributed by atoms with Crippen LogP contribution in [0.15, 0.2) is 77.8 Å². The maximum atomic E-state index is 11.9. The molecule has 0 aliphatic rings. The molecule has 0 aromatic heterocycles. The second-order valence-electron chi connectivity index (χ2n) is 5.94. The number of amides is 1. The molecule has 0 radical (unpaired) electrons. The maximum absolute atomic E-state index is 11.9. The van der Waals surface area contributed by atoms with Gasteiger partial charge < -0.3 is 10.1 Å². The minimum Gasteiger partial charge on any atom is -0.484 e. The average Bonchev–Trinajstić information content (AvgIpc) is 2.73. The number of non-ortho nitro benzene ring substituents is 1. The molecule has 0 saturated heterocycles. The summed E-state index contributed by atoms with van der Waals surface area (Å²) < 4.78 is 5.47. The van der Waals surface area contributed by atoms with Crippen molar-refractivity contribution in [2.45, 2.75) is 0 Å². The fourth-order valence-electron chi connectivity index (χ4n) is 2.34. The molecule has 0 bridgehead atoms. The number of anilines is 1. The number of carbonyl (C=O) groups excluding carboxylic acids is 1. The lowest BCUT2D eigenvalue weighted by molar-refractivity contribution is -0.384. The van der Waals surface area contributed by atoms with Gasteiger partial charge in [-0.3, -0.25) is 19.9 Å². The van der Waals surface area contributed by atoms with Crippen LogP contribution >= 0.6 is 11.6 Å². The Balaban J connectivity index is 1.51. The Morgan fingerprint density at radius 2 is 1.69 bits per heavy atom. The number of rotatable bonds is 7. The fourth-order valence-corrected chi connectivity index (χ4v) is 2.46. The van der Waals surface area contributed by atoms with Crippen molar-refractivity contribution in [3.05, 3.63) is 93.5 Å². The number of halogens is 1. The fraction of sp³-hybridized carbons (Fsp3) is 0.0476. The highest BCUT2D eigenvalue weighted by molar-refractivity contribution is 6.30. The van der Waals surface area contributed by atoms with Crippen molar-refractivity contribution >= 4 is 40.8 Å². The third-order valence-corrected chi connectivity index (χ3v) is 4.05. The first kappa shape index (κ1) is 20.0. The first-order valence-electron chi connectivity index (χ1n) is 8.56. The Bertz CT molecular complexity index is 1020. The minimum absolute atomic E-state index is 0.0190. The number of nitrogens with zero attached hydrogens (tertiary/aromatic N) is 2. The molecule has 3 aromatic carbocycles. The van der Waals surface area contributed by atoms with E-state index in [1.807, 2.05) is 0 Å². The third-order valence-electron chi connectivity index (χ3n) is 3.80. The molecule has 1 N–H and O–H groups in total. The summed E-state index contributed by atoms with van der Waals surface area (Å²) in [6, 6.07) is 19.8. The summed E-state index contributed by atoms with van der Waals surface area (Å²) in [4.78, 5) is 26.4. The number of ether oxygens (including phenoxy) is 1. The molecule has 7 nitrogen and oxygen atoms in total. The number of benzene rings is 3. The zero-order valence-electron chi connectivity index (χ0n) is 15.1. The number of hydrogen-bond donors (Lipinski definition) is 1. The molecule has 0 atom stereocenters. The monoisotopic (exact) mass is 409 g/mol. The molecule has 0 aliphatic carbocycles. The second-order valence-corrected chi connectivity index (χ2v) is 6.38. The summed E-state index contributed by atoms with van der Waals surface area (Å²) in [6.07, 6.45) is 1.64. The van der Waals surface area contributed by atoms with Gasteiger partial charge in [0.25, 0.3) is 11.6 Å². The predicted molar refractivity (Wildman–Crippen MR) is 112 cm³/mol. The van der Waals surface area contributed by atoms with Crippen LogP contribution in [0.1, 0.15) is 5.56 Å². The number of nitro benzene ring substituents is 1. The van der Waals surface area contributed by atoms with Crippen LogP contribution in [0.4, 0.5) is 17.1 Å². The van der Waals surface area contributed by atoms with Gasteiger partial charge >= 0.3 is 0 Å². The summed E-state index contributed by atoms with van der Waals surface area (Å²) in [5.41, 5.74) is 2.09. The highest BCUT2D eigenvalue weighted by Crippen LogP contribution is 2.18. The maximum Gasteiger partial charge on any atom is 0.269 e. The lowest BCUT2D eigenvalue weighted by Crippen LogP contribution is -2.20. The first-order valence-corrected chi connectivity index (χ1v) is 8.94. The largest absolute Gasteiger partial charge is 0.484 e. The van der Waals surface area contributed by atoms with Gasteiger partial charge in [-0.05, 0) is 66.2 Å². The van der Waals surface area contributed by atoms with Crippen molar-refractivity contribution in [3.8, 4) is 5.75 Å². The van der Waals surface area contributed by atoms with Gasteiger partial charge in [0, 0.05) is 29.1 Å². The van der Waals surface area contributed by atoms with Gasteiger partial charge in [0.2, 0.25) is 0 Å². The number of nitro groups is 1. The molecular weight excluding hydrogens is 394 g/mol. The minimum atomic E-state index is -0.456. The number of aliphatic imine (C=N–C) groups is 1. The van der Waals surface area contributed by atoms with Crippen molar-refractivity contribution in [2.24, 2.45) is 4.99 Å². The van der Waals surface area contributed by atoms with E-state index in [1.165, 1.54) is 12.1 Å². The van der Waals surface area contributed by atoms with Crippen LogP contribution in [-0.4, -0.2) is 23.7 Å². The molecule has 0 fully saturated rings. The quantitative estimate of drug-likeness (QED) is 0.337. The highest BCUT2D eigenvalue weighted by Gasteiger charge is 2.05. The van der Waals surface area contributed by atoms with Gasteiger partial charge in [-0.1, -0.05) is 11.6 Å². The van der Waals surface area contributed by atoms with Gasteiger partial charge in [-0.25, -0.2) is 0 Å². The SMILES string of the molecule is O=C(COc1ccc(C=Nc2ccc([N+](=O)[O-])cc2)cc1)Nc1ccc(Cl)cc1. The molecule has 3 aromatic rings. The predicted octanol–water partition coefficient (Wildman–Crippen LogP) is 5.02. The molecule has 29 heavy (non-hydrogen) atoms. The molecule has 0 saturated carbocycles. The lowest BCUT2D eigenvalue weighted by Gasteiger charge is -2.07. The summed E-state index contributed by atoms with van der Waals surface area (Å²) in [6.45, 7) is -0.126. The number of carbonyl (C=O) groups is 1. The zero-order chi connectivity index (χ0) is 20.6. The standard InChI is InChI=1S/C21H16ClN3O4/c22-16-3-5-18(6-4-16)24-21(26)14-29-20-11-1-15(2-12-20)13-23-17-7-9-19(10-8-17)25(27)28/h1-13H,14H2,(H,24,26). The molecule has 1 amide bonds. The molecular formula is C21H16ClN3O4. The van der Waals surface area contributed by atoms with Gasteiger partial charge in [0.1, 0.15) is 5.75 Å². The molecule has 0 unspecified atom stereocenters. The zero-order valence-corrected chi connectivity index (χ0v) is 15.9. The Kier molecular flexibility index (Phi) is 6.55. The van der Waals surface area contributed by atoms with E-state index < -0.39 is 4.92 Å². The average molecular weight is 410 g/mol.